The molecule has 134 valence electrons. The molecule has 3 atom stereocenters. The minimum absolute atomic E-state index is 0. The summed E-state index contributed by atoms with van der Waals surface area (Å²) in [6, 6.07) is 0. The van der Waals surface area contributed by atoms with E-state index >= 15 is 0 Å². The Morgan fingerprint density at radius 2 is 1.67 bits per heavy atom. The molecule has 0 rings (SSSR count). The molecule has 6 nitrogen and oxygen atoms in total. The number of unbranched alkanes of at least 4 members (excludes halogenated alkanes) is 4. The summed E-state index contributed by atoms with van der Waals surface area (Å²) in [5.41, 5.74) is 0. The fraction of sp³-hybridized carbons (Fsp3) is 0.765. The van der Waals surface area contributed by atoms with Gasteiger partial charge in [-0.1, -0.05) is 19.4 Å². The van der Waals surface area contributed by atoms with Gasteiger partial charge in [0.1, 0.15) is 5.92 Å². The summed E-state index contributed by atoms with van der Waals surface area (Å²) in [5, 5.41) is 30.0. The number of carboxylic acids is 2. The Morgan fingerprint density at radius 1 is 1.12 bits per heavy atom. The normalized spacial score (nSPS) is 15.6. The average molecular weight is 352 g/mol. The van der Waals surface area contributed by atoms with Crippen molar-refractivity contribution in [2.24, 2.45) is 11.8 Å². The average Bonchev–Trinajstić information content (AvgIpc) is 2.50. The zero-order valence-corrected chi connectivity index (χ0v) is 17.4. The van der Waals surface area contributed by atoms with Crippen LogP contribution in [0.5, 0.6) is 0 Å². The van der Waals surface area contributed by atoms with Crippen molar-refractivity contribution in [3.05, 3.63) is 12.7 Å². The van der Waals surface area contributed by atoms with Gasteiger partial charge in [0.25, 0.3) is 0 Å². The second-order valence-electron chi connectivity index (χ2n) is 6.52. The van der Waals surface area contributed by atoms with E-state index in [1.54, 1.807) is 6.92 Å². The monoisotopic (exact) mass is 352 g/mol. The minimum Gasteiger partial charge on any atom is -0.550 e. The van der Waals surface area contributed by atoms with Gasteiger partial charge in [-0.2, -0.15) is 0 Å². The number of allylic oxidation sites excluding steroid dienone is 1. The molecule has 24 heavy (non-hydrogen) atoms. The molecule has 0 radical (unpaired) electrons. The van der Waals surface area contributed by atoms with Crippen LogP contribution in [0.4, 0.5) is 0 Å². The van der Waals surface area contributed by atoms with E-state index in [0.717, 1.165) is 32.1 Å². The minimum atomic E-state index is -1.17. The van der Waals surface area contributed by atoms with E-state index in [-0.39, 0.29) is 53.9 Å². The van der Waals surface area contributed by atoms with E-state index in [1.807, 2.05) is 6.08 Å². The van der Waals surface area contributed by atoms with Gasteiger partial charge in [0, 0.05) is 11.9 Å². The largest absolute Gasteiger partial charge is 1.00 e. The van der Waals surface area contributed by atoms with Gasteiger partial charge in [-0.05, 0) is 32.6 Å². The Labute approximate surface area is 167 Å². The molecule has 0 fully saturated rings. The molecule has 0 spiro atoms. The molecule has 0 aromatic rings. The SMILES string of the molecule is C=CCCCCCC[N+](CO)(CC(C)C(=O)[O-])CC(C)C(=O)O.[Na+]. The van der Waals surface area contributed by atoms with Crippen molar-refractivity contribution >= 4 is 11.9 Å². The first-order valence-electron chi connectivity index (χ1n) is 8.28. The van der Waals surface area contributed by atoms with Crippen LogP contribution in [0.2, 0.25) is 0 Å². The number of rotatable bonds is 14. The number of carboxylic acid groups (broad SMARTS) is 2. The van der Waals surface area contributed by atoms with E-state index in [9.17, 15) is 19.8 Å². The summed E-state index contributed by atoms with van der Waals surface area (Å²) < 4.78 is 0.0874. The predicted molar refractivity (Wildman–Crippen MR) is 86.2 cm³/mol. The van der Waals surface area contributed by atoms with Gasteiger partial charge < -0.3 is 20.1 Å². The quantitative estimate of drug-likeness (QED) is 0.124. The molecule has 0 amide bonds. The van der Waals surface area contributed by atoms with Gasteiger partial charge in [-0.3, -0.25) is 9.28 Å². The van der Waals surface area contributed by atoms with Crippen LogP contribution in [0, 0.1) is 11.8 Å². The second-order valence-corrected chi connectivity index (χ2v) is 6.52. The number of quaternary nitrogens is 1. The number of carbonyl (C=O) groups excluding carboxylic acids is 1. The Balaban J connectivity index is 0. The summed E-state index contributed by atoms with van der Waals surface area (Å²) >= 11 is 0. The van der Waals surface area contributed by atoms with Crippen LogP contribution in [0.15, 0.2) is 12.7 Å². The van der Waals surface area contributed by atoms with Gasteiger partial charge in [0.2, 0.25) is 0 Å². The Bertz CT molecular complexity index is 367. The topological polar surface area (TPSA) is 97.7 Å². The fourth-order valence-electron chi connectivity index (χ4n) is 2.85. The van der Waals surface area contributed by atoms with Crippen molar-refractivity contribution in [1.82, 2.24) is 0 Å². The van der Waals surface area contributed by atoms with E-state index in [2.05, 4.69) is 6.58 Å². The number of hydrogen-bond donors (Lipinski definition) is 2. The van der Waals surface area contributed by atoms with Crippen molar-refractivity contribution in [3.8, 4) is 0 Å². The third-order valence-electron chi connectivity index (χ3n) is 4.24. The maximum atomic E-state index is 11.1. The summed E-state index contributed by atoms with van der Waals surface area (Å²) in [5.74, 6) is -3.48. The van der Waals surface area contributed by atoms with Crippen molar-refractivity contribution in [2.45, 2.75) is 46.0 Å². The first-order chi connectivity index (χ1) is 10.8. The van der Waals surface area contributed by atoms with Gasteiger partial charge >= 0.3 is 35.5 Å². The molecule has 0 aliphatic carbocycles. The maximum Gasteiger partial charge on any atom is 1.00 e. The first-order valence-corrected chi connectivity index (χ1v) is 8.28. The molecule has 0 saturated heterocycles. The number of aliphatic hydroxyl groups is 1. The van der Waals surface area contributed by atoms with Gasteiger partial charge in [-0.25, -0.2) is 0 Å². The molecule has 0 heterocycles. The smallest absolute Gasteiger partial charge is 0.550 e. The molecular weight excluding hydrogens is 321 g/mol. The Kier molecular flexibility index (Phi) is 14.9. The number of carbonyl (C=O) groups is 2. The van der Waals surface area contributed by atoms with Crippen LogP contribution in [0.25, 0.3) is 0 Å². The molecule has 0 aromatic carbocycles. The molecule has 2 N–H and O–H groups in total. The number of aliphatic hydroxyl groups excluding tert-OH is 1. The summed E-state index contributed by atoms with van der Waals surface area (Å²) in [6.45, 7) is 7.50. The molecule has 0 saturated carbocycles. The van der Waals surface area contributed by atoms with E-state index < -0.39 is 23.8 Å². The summed E-state index contributed by atoms with van der Waals surface area (Å²) in [6.07, 6.45) is 6.74. The molecule has 3 unspecified atom stereocenters. The molecule has 0 aliphatic rings. The van der Waals surface area contributed by atoms with E-state index in [1.165, 1.54) is 6.92 Å². The predicted octanol–water partition coefficient (Wildman–Crippen LogP) is -2.00. The Morgan fingerprint density at radius 3 is 2.12 bits per heavy atom. The number of aliphatic carboxylic acids is 2. The zero-order chi connectivity index (χ0) is 17.9. The maximum absolute atomic E-state index is 11.1. The van der Waals surface area contributed by atoms with Crippen LogP contribution in [0.1, 0.15) is 46.0 Å². The van der Waals surface area contributed by atoms with Crippen LogP contribution < -0.4 is 34.7 Å². The fourth-order valence-corrected chi connectivity index (χ4v) is 2.85. The van der Waals surface area contributed by atoms with Gasteiger partial charge in [-0.15, -0.1) is 6.58 Å². The van der Waals surface area contributed by atoms with Crippen LogP contribution in [-0.2, 0) is 9.59 Å². The van der Waals surface area contributed by atoms with Gasteiger partial charge in [0.05, 0.1) is 19.6 Å². The zero-order valence-electron chi connectivity index (χ0n) is 15.4. The van der Waals surface area contributed by atoms with Crippen LogP contribution >= 0.6 is 0 Å². The molecule has 0 bridgehead atoms. The Hall–Kier alpha value is -0.400. The molecule has 7 heteroatoms. The van der Waals surface area contributed by atoms with E-state index in [0.29, 0.717) is 6.54 Å². The van der Waals surface area contributed by atoms with Crippen molar-refractivity contribution in [2.75, 3.05) is 26.4 Å². The summed E-state index contributed by atoms with van der Waals surface area (Å²) in [4.78, 5) is 22.2. The molecular formula is C17H31NNaO5+. The third kappa shape index (κ3) is 10.5. The van der Waals surface area contributed by atoms with Crippen molar-refractivity contribution < 1.29 is 58.9 Å². The van der Waals surface area contributed by atoms with Crippen molar-refractivity contribution in [1.29, 1.82) is 0 Å². The summed E-state index contributed by atoms with van der Waals surface area (Å²) in [7, 11) is 0. The second kappa shape index (κ2) is 13.8. The van der Waals surface area contributed by atoms with Crippen LogP contribution in [0.3, 0.4) is 0 Å². The van der Waals surface area contributed by atoms with E-state index in [4.69, 9.17) is 5.11 Å². The van der Waals surface area contributed by atoms with Crippen molar-refractivity contribution in [3.63, 3.8) is 0 Å². The first kappa shape index (κ1) is 25.8. The third-order valence-corrected chi connectivity index (χ3v) is 4.24. The number of hydrogen-bond acceptors (Lipinski definition) is 4. The number of nitrogens with zero attached hydrogens (tertiary/aromatic N) is 1. The standard InChI is InChI=1S/C17H31NO5.Na/c1-4-5-6-7-8-9-10-18(13-19,11-14(2)16(20)21)12-15(3)17(22)23;/h4,14-15,19H,1,5-13H2,2-3H3,(H-,20,21,22,23);/q;+1. The van der Waals surface area contributed by atoms with Crippen LogP contribution in [-0.4, -0.2) is 53.0 Å². The van der Waals surface area contributed by atoms with Gasteiger partial charge in [0.15, 0.2) is 6.73 Å². The molecule has 0 aromatic heterocycles. The molecule has 0 aliphatic heterocycles.